The molecule has 20 heavy (non-hydrogen) atoms. The number of rotatable bonds is 6. The molecule has 3 nitrogen and oxygen atoms in total. The summed E-state index contributed by atoms with van der Waals surface area (Å²) in [7, 11) is 0. The maximum atomic E-state index is 11.9. The minimum absolute atomic E-state index is 0.0450. The highest BCUT2D eigenvalue weighted by Crippen LogP contribution is 2.16. The molecule has 4 heteroatoms. The number of amides is 1. The molecule has 0 radical (unpaired) electrons. The van der Waals surface area contributed by atoms with Crippen molar-refractivity contribution in [2.45, 2.75) is 24.4 Å². The first-order valence-electron chi connectivity index (χ1n) is 6.64. The van der Waals surface area contributed by atoms with Crippen molar-refractivity contribution in [3.8, 4) is 0 Å². The van der Waals surface area contributed by atoms with Crippen molar-refractivity contribution in [3.63, 3.8) is 0 Å². The number of thioether (sulfide) groups is 1. The molecule has 0 saturated carbocycles. The second-order valence-electron chi connectivity index (χ2n) is 4.47. The Kier molecular flexibility index (Phi) is 5.62. The van der Waals surface area contributed by atoms with Crippen LogP contribution in [0.25, 0.3) is 0 Å². The number of carbonyl (C=O) groups excluding carboxylic acids is 1. The third-order valence-corrected chi connectivity index (χ3v) is 3.84. The van der Waals surface area contributed by atoms with E-state index in [4.69, 9.17) is 0 Å². The number of aromatic nitrogens is 1. The van der Waals surface area contributed by atoms with Gasteiger partial charge in [0.2, 0.25) is 5.91 Å². The van der Waals surface area contributed by atoms with Gasteiger partial charge in [0.25, 0.3) is 0 Å². The summed E-state index contributed by atoms with van der Waals surface area (Å²) in [5.41, 5.74) is 1.12. The van der Waals surface area contributed by atoms with E-state index in [0.29, 0.717) is 6.42 Å². The Labute approximate surface area is 123 Å². The lowest BCUT2D eigenvalue weighted by Gasteiger charge is -2.14. The predicted octanol–water partition coefficient (Wildman–Crippen LogP) is 3.44. The van der Waals surface area contributed by atoms with Gasteiger partial charge in [-0.15, -0.1) is 11.8 Å². The van der Waals surface area contributed by atoms with Crippen molar-refractivity contribution in [1.82, 2.24) is 10.3 Å². The van der Waals surface area contributed by atoms with Crippen LogP contribution in [0.1, 0.15) is 24.9 Å². The number of nitrogens with one attached hydrogen (secondary N) is 1. The molecule has 1 atom stereocenters. The molecular formula is C16H18N2OS. The summed E-state index contributed by atoms with van der Waals surface area (Å²) in [6, 6.07) is 15.8. The largest absolute Gasteiger partial charge is 0.350 e. The highest BCUT2D eigenvalue weighted by Gasteiger charge is 2.09. The van der Waals surface area contributed by atoms with Crippen LogP contribution < -0.4 is 5.32 Å². The van der Waals surface area contributed by atoms with Gasteiger partial charge in [-0.1, -0.05) is 36.4 Å². The molecule has 0 bridgehead atoms. The average molecular weight is 286 g/mol. The van der Waals surface area contributed by atoms with E-state index in [0.717, 1.165) is 16.3 Å². The summed E-state index contributed by atoms with van der Waals surface area (Å²) < 4.78 is 0. The summed E-state index contributed by atoms with van der Waals surface area (Å²) >= 11 is 1.60. The Morgan fingerprint density at radius 1 is 1.20 bits per heavy atom. The molecule has 1 N–H and O–H groups in total. The Morgan fingerprint density at radius 2 is 1.95 bits per heavy atom. The van der Waals surface area contributed by atoms with Gasteiger partial charge in [-0.05, 0) is 24.6 Å². The smallest absolute Gasteiger partial charge is 0.221 e. The topological polar surface area (TPSA) is 42.0 Å². The lowest BCUT2D eigenvalue weighted by atomic mass is 10.1. The highest BCUT2D eigenvalue weighted by atomic mass is 32.2. The Bertz CT molecular complexity index is 531. The van der Waals surface area contributed by atoms with E-state index in [1.54, 1.807) is 18.0 Å². The van der Waals surface area contributed by atoms with Crippen LogP contribution >= 0.6 is 11.8 Å². The number of carbonyl (C=O) groups is 1. The molecule has 0 spiro atoms. The van der Waals surface area contributed by atoms with Crippen molar-refractivity contribution in [1.29, 1.82) is 0 Å². The standard InChI is InChI=1S/C16H18N2OS/c1-13(14-7-3-2-4-8-14)18-15(19)10-12-20-16-9-5-6-11-17-16/h2-9,11,13H,10,12H2,1H3,(H,18,19)/t13-/m0/s1. The zero-order valence-electron chi connectivity index (χ0n) is 11.5. The summed E-state index contributed by atoms with van der Waals surface area (Å²) in [6.45, 7) is 2.00. The summed E-state index contributed by atoms with van der Waals surface area (Å²) in [6.07, 6.45) is 2.26. The van der Waals surface area contributed by atoms with E-state index in [2.05, 4.69) is 10.3 Å². The molecule has 0 unspecified atom stereocenters. The lowest BCUT2D eigenvalue weighted by Crippen LogP contribution is -2.26. The van der Waals surface area contributed by atoms with E-state index in [-0.39, 0.29) is 11.9 Å². The zero-order valence-corrected chi connectivity index (χ0v) is 12.3. The van der Waals surface area contributed by atoms with Crippen molar-refractivity contribution in [2.75, 3.05) is 5.75 Å². The molecule has 1 heterocycles. The van der Waals surface area contributed by atoms with Gasteiger partial charge in [0.15, 0.2) is 0 Å². The first-order valence-corrected chi connectivity index (χ1v) is 7.62. The molecule has 0 aliphatic rings. The fourth-order valence-corrected chi connectivity index (χ4v) is 2.63. The van der Waals surface area contributed by atoms with E-state index < -0.39 is 0 Å². The van der Waals surface area contributed by atoms with E-state index >= 15 is 0 Å². The minimum Gasteiger partial charge on any atom is -0.350 e. The van der Waals surface area contributed by atoms with Crippen molar-refractivity contribution < 1.29 is 4.79 Å². The number of pyridine rings is 1. The van der Waals surface area contributed by atoms with E-state index in [1.807, 2.05) is 55.5 Å². The Morgan fingerprint density at radius 3 is 2.65 bits per heavy atom. The van der Waals surface area contributed by atoms with Gasteiger partial charge in [0.05, 0.1) is 11.1 Å². The highest BCUT2D eigenvalue weighted by molar-refractivity contribution is 7.99. The lowest BCUT2D eigenvalue weighted by molar-refractivity contribution is -0.121. The number of hydrogen-bond acceptors (Lipinski definition) is 3. The third kappa shape index (κ3) is 4.70. The van der Waals surface area contributed by atoms with Crippen molar-refractivity contribution in [2.24, 2.45) is 0 Å². The van der Waals surface area contributed by atoms with E-state index in [1.165, 1.54) is 0 Å². The summed E-state index contributed by atoms with van der Waals surface area (Å²) in [5.74, 6) is 0.814. The molecular weight excluding hydrogens is 268 g/mol. The molecule has 0 fully saturated rings. The van der Waals surface area contributed by atoms with Crippen molar-refractivity contribution >= 4 is 17.7 Å². The summed E-state index contributed by atoms with van der Waals surface area (Å²) in [4.78, 5) is 16.1. The number of benzene rings is 1. The number of nitrogens with zero attached hydrogens (tertiary/aromatic N) is 1. The average Bonchev–Trinajstić information content (AvgIpc) is 2.49. The second-order valence-corrected chi connectivity index (χ2v) is 5.58. The predicted molar refractivity (Wildman–Crippen MR) is 82.6 cm³/mol. The van der Waals surface area contributed by atoms with Crippen molar-refractivity contribution in [3.05, 3.63) is 60.3 Å². The molecule has 1 amide bonds. The first-order chi connectivity index (χ1) is 9.75. The van der Waals surface area contributed by atoms with Crippen LogP contribution in [0.5, 0.6) is 0 Å². The van der Waals surface area contributed by atoms with Gasteiger partial charge in [0.1, 0.15) is 0 Å². The van der Waals surface area contributed by atoms with Gasteiger partial charge < -0.3 is 5.32 Å². The third-order valence-electron chi connectivity index (χ3n) is 2.89. The van der Waals surface area contributed by atoms with Gasteiger partial charge >= 0.3 is 0 Å². The summed E-state index contributed by atoms with van der Waals surface area (Å²) in [5, 5.41) is 3.96. The maximum absolute atomic E-state index is 11.9. The monoisotopic (exact) mass is 286 g/mol. The molecule has 0 aliphatic carbocycles. The molecule has 2 aromatic rings. The van der Waals surface area contributed by atoms with Gasteiger partial charge in [0, 0.05) is 18.4 Å². The Balaban J connectivity index is 1.73. The van der Waals surface area contributed by atoms with Gasteiger partial charge in [-0.2, -0.15) is 0 Å². The maximum Gasteiger partial charge on any atom is 0.221 e. The van der Waals surface area contributed by atoms with Crippen LogP contribution in [0.4, 0.5) is 0 Å². The van der Waals surface area contributed by atoms with Crippen LogP contribution in [-0.4, -0.2) is 16.6 Å². The number of hydrogen-bond donors (Lipinski definition) is 1. The second kappa shape index (κ2) is 7.70. The molecule has 1 aromatic heterocycles. The van der Waals surface area contributed by atoms with Gasteiger partial charge in [-0.3, -0.25) is 4.79 Å². The van der Waals surface area contributed by atoms with Crippen LogP contribution in [0.3, 0.4) is 0 Å². The van der Waals surface area contributed by atoms with Crippen LogP contribution in [0, 0.1) is 0 Å². The van der Waals surface area contributed by atoms with Crippen LogP contribution in [0.2, 0.25) is 0 Å². The van der Waals surface area contributed by atoms with Crippen LogP contribution in [0.15, 0.2) is 59.8 Å². The fourth-order valence-electron chi connectivity index (χ4n) is 1.82. The molecule has 2 rings (SSSR count). The van der Waals surface area contributed by atoms with E-state index in [9.17, 15) is 4.79 Å². The molecule has 0 saturated heterocycles. The quantitative estimate of drug-likeness (QED) is 0.827. The minimum atomic E-state index is 0.0450. The SMILES string of the molecule is C[C@H](NC(=O)CCSc1ccccn1)c1ccccc1. The zero-order chi connectivity index (χ0) is 14.2. The molecule has 104 valence electrons. The Hall–Kier alpha value is -1.81. The first kappa shape index (κ1) is 14.6. The normalized spacial score (nSPS) is 11.8. The molecule has 0 aliphatic heterocycles. The van der Waals surface area contributed by atoms with Gasteiger partial charge in [-0.25, -0.2) is 4.98 Å². The molecule has 1 aromatic carbocycles. The van der Waals surface area contributed by atoms with Crippen LogP contribution in [-0.2, 0) is 4.79 Å². The fraction of sp³-hybridized carbons (Fsp3) is 0.250.